The first-order valence-corrected chi connectivity index (χ1v) is 5.25. The Bertz CT molecular complexity index is 208. The van der Waals surface area contributed by atoms with Crippen molar-refractivity contribution in [2.75, 3.05) is 13.7 Å². The molecule has 0 saturated heterocycles. The Morgan fingerprint density at radius 2 is 1.87 bits per heavy atom. The van der Waals surface area contributed by atoms with Crippen LogP contribution in [0.15, 0.2) is 0 Å². The van der Waals surface area contributed by atoms with E-state index in [4.69, 9.17) is 9.84 Å². The van der Waals surface area contributed by atoms with Crippen LogP contribution in [0.3, 0.4) is 0 Å². The molecule has 90 valence electrons. The maximum atomic E-state index is 11.7. The Labute approximate surface area is 92.2 Å². The number of aliphatic hydroxyl groups is 1. The summed E-state index contributed by atoms with van der Waals surface area (Å²) in [6, 6.07) is -0.195. The van der Waals surface area contributed by atoms with Crippen molar-refractivity contribution < 1.29 is 14.6 Å². The van der Waals surface area contributed by atoms with E-state index in [0.717, 1.165) is 0 Å². The van der Waals surface area contributed by atoms with E-state index < -0.39 is 11.7 Å². The molecular weight excluding hydrogens is 194 g/mol. The Morgan fingerprint density at radius 3 is 2.13 bits per heavy atom. The van der Waals surface area contributed by atoms with Gasteiger partial charge >= 0.3 is 6.09 Å². The minimum atomic E-state index is -0.498. The number of nitrogens with zero attached hydrogens (tertiary/aromatic N) is 1. The van der Waals surface area contributed by atoms with Gasteiger partial charge in [0, 0.05) is 7.05 Å². The summed E-state index contributed by atoms with van der Waals surface area (Å²) in [7, 11) is 1.65. The van der Waals surface area contributed by atoms with Crippen molar-refractivity contribution in [3.05, 3.63) is 0 Å². The first kappa shape index (κ1) is 14.2. The van der Waals surface area contributed by atoms with E-state index in [1.54, 1.807) is 7.05 Å². The van der Waals surface area contributed by atoms with Crippen LogP contribution in [0.5, 0.6) is 0 Å². The molecule has 0 radical (unpaired) electrons. The molecular formula is C11H23NO3. The highest BCUT2D eigenvalue weighted by molar-refractivity contribution is 5.68. The molecule has 0 aromatic carbocycles. The highest BCUT2D eigenvalue weighted by Crippen LogP contribution is 2.14. The minimum Gasteiger partial charge on any atom is -0.444 e. The molecule has 1 N–H and O–H groups in total. The molecule has 0 saturated carbocycles. The highest BCUT2D eigenvalue weighted by atomic mass is 16.6. The largest absolute Gasteiger partial charge is 0.444 e. The number of ether oxygens (including phenoxy) is 1. The number of likely N-dealkylation sites (N-methyl/N-ethyl adjacent to an activating group) is 1. The van der Waals surface area contributed by atoms with Crippen molar-refractivity contribution in [2.45, 2.75) is 46.3 Å². The first-order valence-electron chi connectivity index (χ1n) is 5.25. The van der Waals surface area contributed by atoms with Gasteiger partial charge in [-0.25, -0.2) is 4.79 Å². The lowest BCUT2D eigenvalue weighted by Crippen LogP contribution is -2.45. The Kier molecular flexibility index (Phi) is 5.08. The monoisotopic (exact) mass is 217 g/mol. The molecule has 0 rings (SSSR count). The Balaban J connectivity index is 4.42. The van der Waals surface area contributed by atoms with Gasteiger partial charge in [0.25, 0.3) is 0 Å². The van der Waals surface area contributed by atoms with Crippen molar-refractivity contribution in [3.8, 4) is 0 Å². The molecule has 0 aliphatic heterocycles. The zero-order valence-electron chi connectivity index (χ0n) is 10.6. The summed E-state index contributed by atoms with van der Waals surface area (Å²) >= 11 is 0. The Hall–Kier alpha value is -0.770. The maximum Gasteiger partial charge on any atom is 0.410 e. The van der Waals surface area contributed by atoms with E-state index in [1.807, 2.05) is 34.6 Å². The fourth-order valence-electron chi connectivity index (χ4n) is 1.25. The van der Waals surface area contributed by atoms with Gasteiger partial charge in [-0.3, -0.25) is 0 Å². The molecule has 1 unspecified atom stereocenters. The zero-order chi connectivity index (χ0) is 12.2. The predicted octanol–water partition coefficient (Wildman–Crippen LogP) is 1.87. The molecule has 0 aliphatic carbocycles. The second kappa shape index (κ2) is 5.35. The summed E-state index contributed by atoms with van der Waals surface area (Å²) in [6.45, 7) is 9.34. The van der Waals surface area contributed by atoms with Gasteiger partial charge in [0.05, 0.1) is 12.6 Å². The third kappa shape index (κ3) is 5.02. The quantitative estimate of drug-likeness (QED) is 0.785. The number of hydrogen-bond acceptors (Lipinski definition) is 3. The molecule has 0 fully saturated rings. The van der Waals surface area contributed by atoms with Crippen molar-refractivity contribution >= 4 is 6.09 Å². The number of carbonyl (C=O) groups excluding carboxylic acids is 1. The lowest BCUT2D eigenvalue weighted by Gasteiger charge is -2.31. The molecule has 0 spiro atoms. The van der Waals surface area contributed by atoms with Crippen LogP contribution in [0, 0.1) is 5.92 Å². The van der Waals surface area contributed by atoms with Gasteiger partial charge in [-0.15, -0.1) is 0 Å². The summed E-state index contributed by atoms with van der Waals surface area (Å²) in [5.41, 5.74) is -0.498. The highest BCUT2D eigenvalue weighted by Gasteiger charge is 2.26. The number of carbonyl (C=O) groups is 1. The van der Waals surface area contributed by atoms with Crippen molar-refractivity contribution in [1.29, 1.82) is 0 Å². The van der Waals surface area contributed by atoms with E-state index in [2.05, 4.69) is 0 Å². The molecule has 0 aromatic rings. The molecule has 0 bridgehead atoms. The van der Waals surface area contributed by atoms with Gasteiger partial charge in [-0.05, 0) is 26.7 Å². The average Bonchev–Trinajstić information content (AvgIpc) is 2.01. The summed E-state index contributed by atoms with van der Waals surface area (Å²) in [5.74, 6) is 0.201. The lowest BCUT2D eigenvalue weighted by molar-refractivity contribution is 0.0102. The van der Waals surface area contributed by atoms with Crippen LogP contribution in [0.2, 0.25) is 0 Å². The number of amides is 1. The lowest BCUT2D eigenvalue weighted by atomic mass is 10.0. The summed E-state index contributed by atoms with van der Waals surface area (Å²) in [5, 5.41) is 9.16. The third-order valence-electron chi connectivity index (χ3n) is 2.14. The van der Waals surface area contributed by atoms with Crippen LogP contribution >= 0.6 is 0 Å². The van der Waals surface area contributed by atoms with E-state index in [9.17, 15) is 4.79 Å². The van der Waals surface area contributed by atoms with E-state index in [1.165, 1.54) is 4.90 Å². The standard InChI is InChI=1S/C11H23NO3/c1-8(2)9(7-13)12(6)10(14)15-11(3,4)5/h8-9,13H,7H2,1-6H3. The van der Waals surface area contributed by atoms with Crippen molar-refractivity contribution in [3.63, 3.8) is 0 Å². The van der Waals surface area contributed by atoms with E-state index in [0.29, 0.717) is 0 Å². The van der Waals surface area contributed by atoms with Crippen LogP contribution < -0.4 is 0 Å². The van der Waals surface area contributed by atoms with Crippen LogP contribution in [-0.4, -0.2) is 41.4 Å². The summed E-state index contributed by atoms with van der Waals surface area (Å²) < 4.78 is 5.21. The Morgan fingerprint density at radius 1 is 1.40 bits per heavy atom. The third-order valence-corrected chi connectivity index (χ3v) is 2.14. The fraction of sp³-hybridized carbons (Fsp3) is 0.909. The van der Waals surface area contributed by atoms with Crippen LogP contribution in [0.4, 0.5) is 4.79 Å². The van der Waals surface area contributed by atoms with Gasteiger partial charge in [-0.2, -0.15) is 0 Å². The normalized spacial score (nSPS) is 13.9. The zero-order valence-corrected chi connectivity index (χ0v) is 10.6. The van der Waals surface area contributed by atoms with Gasteiger partial charge < -0.3 is 14.7 Å². The molecule has 1 amide bonds. The number of hydrogen-bond donors (Lipinski definition) is 1. The molecule has 0 aliphatic rings. The molecule has 4 heteroatoms. The first-order chi connectivity index (χ1) is 6.69. The molecule has 4 nitrogen and oxygen atoms in total. The topological polar surface area (TPSA) is 49.8 Å². The summed E-state index contributed by atoms with van der Waals surface area (Å²) in [6.07, 6.45) is -0.393. The average molecular weight is 217 g/mol. The fourth-order valence-corrected chi connectivity index (χ4v) is 1.25. The van der Waals surface area contributed by atoms with Crippen LogP contribution in [0.1, 0.15) is 34.6 Å². The van der Waals surface area contributed by atoms with Crippen molar-refractivity contribution in [2.24, 2.45) is 5.92 Å². The van der Waals surface area contributed by atoms with Gasteiger partial charge in [0.15, 0.2) is 0 Å². The summed E-state index contributed by atoms with van der Waals surface area (Å²) in [4.78, 5) is 13.1. The van der Waals surface area contributed by atoms with Gasteiger partial charge in [0.1, 0.15) is 5.60 Å². The minimum absolute atomic E-state index is 0.0482. The smallest absolute Gasteiger partial charge is 0.410 e. The second-order valence-electron chi connectivity index (χ2n) is 5.09. The maximum absolute atomic E-state index is 11.7. The molecule has 0 aromatic heterocycles. The second-order valence-corrected chi connectivity index (χ2v) is 5.09. The van der Waals surface area contributed by atoms with Crippen LogP contribution in [0.25, 0.3) is 0 Å². The molecule has 1 atom stereocenters. The van der Waals surface area contributed by atoms with E-state index in [-0.39, 0.29) is 18.6 Å². The van der Waals surface area contributed by atoms with Gasteiger partial charge in [0.2, 0.25) is 0 Å². The molecule has 15 heavy (non-hydrogen) atoms. The number of aliphatic hydroxyl groups excluding tert-OH is 1. The SMILES string of the molecule is CC(C)C(CO)N(C)C(=O)OC(C)(C)C. The predicted molar refractivity (Wildman–Crippen MR) is 59.7 cm³/mol. The molecule has 0 heterocycles. The number of rotatable bonds is 3. The van der Waals surface area contributed by atoms with Crippen molar-refractivity contribution in [1.82, 2.24) is 4.90 Å². The van der Waals surface area contributed by atoms with Crippen LogP contribution in [-0.2, 0) is 4.74 Å². The van der Waals surface area contributed by atoms with E-state index >= 15 is 0 Å². The van der Waals surface area contributed by atoms with Gasteiger partial charge in [-0.1, -0.05) is 13.8 Å².